The number of hydrogen-bond acceptors (Lipinski definition) is 10. The van der Waals surface area contributed by atoms with Gasteiger partial charge in [-0.1, -0.05) is 6.07 Å². The zero-order valence-electron chi connectivity index (χ0n) is 13.7. The van der Waals surface area contributed by atoms with Crippen molar-refractivity contribution < 1.29 is 47.2 Å². The van der Waals surface area contributed by atoms with Crippen LogP contribution in [0.15, 0.2) is 30.3 Å². The molecule has 0 saturated heterocycles. The van der Waals surface area contributed by atoms with Gasteiger partial charge in [0.2, 0.25) is 0 Å². The molecule has 0 fully saturated rings. The summed E-state index contributed by atoms with van der Waals surface area (Å²) in [5, 5.41) is 51.1. The standard InChI is InChI=1S/C15H13NO11S/c17-8-2-1-6(3-9(8)18)15-14(20)13(16(21)22)12-10(19)4-7(5-11(12)26-15)27-28(23,24)25/h1-5,13-15,17-20H,(H,23,24,25)/t13?,14-,15+/m0/s1. The van der Waals surface area contributed by atoms with Crippen LogP contribution in [0, 0.1) is 10.1 Å². The summed E-state index contributed by atoms with van der Waals surface area (Å²) in [4.78, 5) is 10.6. The lowest BCUT2D eigenvalue weighted by Crippen LogP contribution is -2.38. The third-order valence-corrected chi connectivity index (χ3v) is 4.44. The summed E-state index contributed by atoms with van der Waals surface area (Å²) in [6, 6.07) is 3.04. The fraction of sp³-hybridized carbons (Fsp3) is 0.200. The molecule has 0 radical (unpaired) electrons. The highest BCUT2D eigenvalue weighted by molar-refractivity contribution is 7.81. The third-order valence-electron chi connectivity index (χ3n) is 4.03. The quantitative estimate of drug-likeness (QED) is 0.205. The second-order valence-electron chi connectivity index (χ2n) is 5.87. The highest BCUT2D eigenvalue weighted by Crippen LogP contribution is 2.48. The van der Waals surface area contributed by atoms with E-state index in [4.69, 9.17) is 9.29 Å². The first-order chi connectivity index (χ1) is 13.0. The van der Waals surface area contributed by atoms with Crippen molar-refractivity contribution in [1.29, 1.82) is 0 Å². The summed E-state index contributed by atoms with van der Waals surface area (Å²) in [5.41, 5.74) is -0.375. The first kappa shape index (κ1) is 19.5. The largest absolute Gasteiger partial charge is 0.507 e. The first-order valence-corrected chi connectivity index (χ1v) is 8.88. The topological polar surface area (TPSA) is 197 Å². The number of aliphatic hydroxyl groups is 1. The highest BCUT2D eigenvalue weighted by Gasteiger charge is 2.48. The molecule has 13 heteroatoms. The van der Waals surface area contributed by atoms with Crippen molar-refractivity contribution in [1.82, 2.24) is 0 Å². The molecular weight excluding hydrogens is 402 g/mol. The van der Waals surface area contributed by atoms with Crippen molar-refractivity contribution in [2.24, 2.45) is 0 Å². The van der Waals surface area contributed by atoms with Crippen molar-refractivity contribution >= 4 is 10.4 Å². The number of phenols is 3. The second-order valence-corrected chi connectivity index (χ2v) is 6.89. The molecule has 2 aromatic rings. The molecule has 1 heterocycles. The summed E-state index contributed by atoms with van der Waals surface area (Å²) in [7, 11) is -4.95. The van der Waals surface area contributed by atoms with Gasteiger partial charge in [-0.15, -0.1) is 0 Å². The molecule has 0 spiro atoms. The highest BCUT2D eigenvalue weighted by atomic mass is 32.3. The first-order valence-electron chi connectivity index (χ1n) is 7.52. The minimum atomic E-state index is -4.95. The van der Waals surface area contributed by atoms with Crippen molar-refractivity contribution in [3.8, 4) is 28.7 Å². The number of benzene rings is 2. The van der Waals surface area contributed by atoms with E-state index in [-0.39, 0.29) is 11.3 Å². The molecule has 2 aromatic carbocycles. The SMILES string of the molecule is O=[N+]([O-])C1c2c(O)cc(OS(=O)(=O)O)cc2O[C@H](c2ccc(O)c(O)c2)[C@H]1O. The number of ether oxygens (including phenoxy) is 1. The maximum Gasteiger partial charge on any atom is 0.446 e. The van der Waals surface area contributed by atoms with E-state index in [1.807, 2.05) is 0 Å². The molecule has 0 bridgehead atoms. The van der Waals surface area contributed by atoms with Gasteiger partial charge in [0.05, 0.1) is 0 Å². The van der Waals surface area contributed by atoms with Crippen LogP contribution in [0.1, 0.15) is 23.3 Å². The summed E-state index contributed by atoms with van der Waals surface area (Å²) in [5.74, 6) is -2.82. The van der Waals surface area contributed by atoms with Crippen LogP contribution in [0.4, 0.5) is 0 Å². The molecule has 0 saturated carbocycles. The maximum absolute atomic E-state index is 11.5. The van der Waals surface area contributed by atoms with Gasteiger partial charge in [-0.25, -0.2) is 0 Å². The van der Waals surface area contributed by atoms with Crippen LogP contribution in [-0.4, -0.2) is 44.4 Å². The Morgan fingerprint density at radius 3 is 2.32 bits per heavy atom. The summed E-state index contributed by atoms with van der Waals surface area (Å²) in [6.07, 6.45) is -3.24. The van der Waals surface area contributed by atoms with Gasteiger partial charge in [-0.05, 0) is 17.7 Å². The summed E-state index contributed by atoms with van der Waals surface area (Å²) < 4.78 is 40.2. The van der Waals surface area contributed by atoms with Crippen LogP contribution in [0.5, 0.6) is 28.7 Å². The Labute approximate surface area is 156 Å². The Morgan fingerprint density at radius 2 is 1.75 bits per heavy atom. The number of rotatable bonds is 4. The van der Waals surface area contributed by atoms with Gasteiger partial charge in [0.25, 0.3) is 6.04 Å². The molecule has 12 nitrogen and oxygen atoms in total. The fourth-order valence-electron chi connectivity index (χ4n) is 2.91. The number of aromatic hydroxyl groups is 3. The van der Waals surface area contributed by atoms with E-state index < -0.39 is 62.1 Å². The van der Waals surface area contributed by atoms with E-state index in [1.165, 1.54) is 6.07 Å². The lowest BCUT2D eigenvalue weighted by atomic mass is 9.89. The molecule has 28 heavy (non-hydrogen) atoms. The number of nitro groups is 1. The average Bonchev–Trinajstić information content (AvgIpc) is 2.55. The van der Waals surface area contributed by atoms with Crippen LogP contribution < -0.4 is 8.92 Å². The molecule has 1 aliphatic heterocycles. The molecular formula is C15H13NO11S. The number of nitrogens with zero attached hydrogens (tertiary/aromatic N) is 1. The molecule has 150 valence electrons. The third kappa shape index (κ3) is 3.58. The van der Waals surface area contributed by atoms with E-state index in [0.29, 0.717) is 6.07 Å². The lowest BCUT2D eigenvalue weighted by Gasteiger charge is -2.33. The van der Waals surface area contributed by atoms with E-state index in [2.05, 4.69) is 4.18 Å². The van der Waals surface area contributed by atoms with Gasteiger partial charge in [0.15, 0.2) is 29.5 Å². The molecule has 0 amide bonds. The second kappa shape index (κ2) is 6.70. The van der Waals surface area contributed by atoms with Crippen molar-refractivity contribution in [3.63, 3.8) is 0 Å². The lowest BCUT2D eigenvalue weighted by molar-refractivity contribution is -0.546. The maximum atomic E-state index is 11.5. The molecule has 0 aromatic heterocycles. The number of fused-ring (bicyclic) bond motifs is 1. The summed E-state index contributed by atoms with van der Waals surface area (Å²) >= 11 is 0. The number of aliphatic hydroxyl groups excluding tert-OH is 1. The normalized spacial score (nSPS) is 21.4. The van der Waals surface area contributed by atoms with E-state index in [0.717, 1.165) is 18.2 Å². The monoisotopic (exact) mass is 415 g/mol. The van der Waals surface area contributed by atoms with Gasteiger partial charge in [-0.2, -0.15) is 8.42 Å². The molecule has 0 aliphatic carbocycles. The number of hydrogen-bond donors (Lipinski definition) is 5. The van der Waals surface area contributed by atoms with Crippen LogP contribution in [0.25, 0.3) is 0 Å². The van der Waals surface area contributed by atoms with Crippen LogP contribution >= 0.6 is 0 Å². The van der Waals surface area contributed by atoms with Crippen LogP contribution in [-0.2, 0) is 10.4 Å². The van der Waals surface area contributed by atoms with Gasteiger partial charge in [-0.3, -0.25) is 14.7 Å². The average molecular weight is 415 g/mol. The Morgan fingerprint density at radius 1 is 1.07 bits per heavy atom. The smallest absolute Gasteiger partial charge is 0.446 e. The van der Waals surface area contributed by atoms with Crippen molar-refractivity contribution in [3.05, 3.63) is 51.6 Å². The molecule has 1 aliphatic rings. The van der Waals surface area contributed by atoms with Gasteiger partial charge in [0, 0.05) is 17.1 Å². The van der Waals surface area contributed by atoms with Crippen LogP contribution in [0.2, 0.25) is 0 Å². The van der Waals surface area contributed by atoms with E-state index in [9.17, 15) is 39.0 Å². The van der Waals surface area contributed by atoms with Crippen molar-refractivity contribution in [2.45, 2.75) is 18.2 Å². The summed E-state index contributed by atoms with van der Waals surface area (Å²) in [6.45, 7) is 0. The van der Waals surface area contributed by atoms with Gasteiger partial charge < -0.3 is 29.3 Å². The zero-order chi connectivity index (χ0) is 20.8. The van der Waals surface area contributed by atoms with E-state index in [1.54, 1.807) is 0 Å². The predicted octanol–water partition coefficient (Wildman–Crippen LogP) is 0.797. The molecule has 5 N–H and O–H groups in total. The Kier molecular flexibility index (Phi) is 4.66. The Bertz CT molecular complexity index is 1050. The van der Waals surface area contributed by atoms with Gasteiger partial charge >= 0.3 is 10.4 Å². The molecule has 3 rings (SSSR count). The molecule has 3 atom stereocenters. The Balaban J connectivity index is 2.13. The Hall–Kier alpha value is -3.29. The van der Waals surface area contributed by atoms with E-state index >= 15 is 0 Å². The van der Waals surface area contributed by atoms with Crippen molar-refractivity contribution in [2.75, 3.05) is 0 Å². The van der Waals surface area contributed by atoms with Gasteiger partial charge in [0.1, 0.15) is 17.1 Å². The predicted molar refractivity (Wildman–Crippen MR) is 89.2 cm³/mol. The number of phenolic OH excluding ortho intramolecular Hbond substituents is 3. The minimum Gasteiger partial charge on any atom is -0.507 e. The fourth-order valence-corrected chi connectivity index (χ4v) is 3.25. The van der Waals surface area contributed by atoms with Crippen LogP contribution in [0.3, 0.4) is 0 Å². The minimum absolute atomic E-state index is 0.0564. The molecule has 1 unspecified atom stereocenters. The zero-order valence-corrected chi connectivity index (χ0v) is 14.5.